The highest BCUT2D eigenvalue weighted by molar-refractivity contribution is 6.36. The molecule has 8 aromatic rings. The Kier molecular flexibility index (Phi) is 6.85. The Balaban J connectivity index is 1.26. The molecule has 1 aliphatic rings. The quantitative estimate of drug-likeness (QED) is 0.175. The molecule has 0 saturated heterocycles. The van der Waals surface area contributed by atoms with Crippen molar-refractivity contribution in [2.24, 2.45) is 0 Å². The lowest BCUT2D eigenvalue weighted by Crippen LogP contribution is -2.30. The largest absolute Gasteiger partial charge is 0.308 e. The molecule has 0 radical (unpaired) electrons. The predicted molar refractivity (Wildman–Crippen MR) is 204 cm³/mol. The third-order valence-corrected chi connectivity index (χ3v) is 9.79. The SMILES string of the molecule is Cc1cc(C)cc(-c2ccc3c4ccccc4n(-c4cccc5c4C(=O)N(c4cc(-c6ccccc6)ccc4-c4ccccc4)C5=O)c3c2)c1. The zero-order valence-electron chi connectivity index (χ0n) is 27.7. The molecule has 0 bridgehead atoms. The second kappa shape index (κ2) is 11.6. The molecule has 0 N–H and O–H groups in total. The average molecular weight is 645 g/mol. The fraction of sp³-hybridized carbons (Fsp3) is 0.0435. The number of carbonyl (C=O) groups excluding carboxylic acids is 2. The molecule has 0 aliphatic carbocycles. The summed E-state index contributed by atoms with van der Waals surface area (Å²) >= 11 is 0. The molecule has 0 unspecified atom stereocenters. The molecule has 0 atom stereocenters. The smallest absolute Gasteiger partial charge is 0.268 e. The fourth-order valence-corrected chi connectivity index (χ4v) is 7.61. The molecule has 2 amide bonds. The highest BCUT2D eigenvalue weighted by Gasteiger charge is 2.40. The molecular weight excluding hydrogens is 613 g/mol. The average Bonchev–Trinajstić information content (AvgIpc) is 3.61. The lowest BCUT2D eigenvalue weighted by molar-refractivity contribution is 0.0926. The van der Waals surface area contributed by atoms with Gasteiger partial charge in [-0.05, 0) is 72.0 Å². The first kappa shape index (κ1) is 29.6. The summed E-state index contributed by atoms with van der Waals surface area (Å²) in [6, 6.07) is 53.0. The van der Waals surface area contributed by atoms with Crippen LogP contribution in [-0.2, 0) is 0 Å². The monoisotopic (exact) mass is 644 g/mol. The number of imide groups is 1. The lowest BCUT2D eigenvalue weighted by atomic mass is 9.97. The third kappa shape index (κ3) is 4.68. The second-order valence-corrected chi connectivity index (χ2v) is 13.1. The van der Waals surface area contributed by atoms with Gasteiger partial charge in [-0.3, -0.25) is 9.59 Å². The van der Waals surface area contributed by atoms with Crippen molar-refractivity contribution in [1.29, 1.82) is 0 Å². The molecule has 0 fully saturated rings. The number of para-hydroxylation sites is 1. The Morgan fingerprint density at radius 1 is 0.400 bits per heavy atom. The van der Waals surface area contributed by atoms with Crippen molar-refractivity contribution in [2.75, 3.05) is 4.90 Å². The van der Waals surface area contributed by atoms with Gasteiger partial charge < -0.3 is 4.57 Å². The summed E-state index contributed by atoms with van der Waals surface area (Å²) in [5.41, 5.74) is 12.3. The molecule has 4 heteroatoms. The Morgan fingerprint density at radius 2 is 1.04 bits per heavy atom. The molecule has 9 rings (SSSR count). The summed E-state index contributed by atoms with van der Waals surface area (Å²) in [7, 11) is 0. The molecule has 238 valence electrons. The van der Waals surface area contributed by atoms with Crippen LogP contribution in [0.5, 0.6) is 0 Å². The number of aromatic nitrogens is 1. The van der Waals surface area contributed by atoms with Crippen LogP contribution >= 0.6 is 0 Å². The van der Waals surface area contributed by atoms with E-state index < -0.39 is 0 Å². The van der Waals surface area contributed by atoms with Crippen LogP contribution in [0.25, 0.3) is 60.9 Å². The number of fused-ring (bicyclic) bond motifs is 4. The fourth-order valence-electron chi connectivity index (χ4n) is 7.61. The van der Waals surface area contributed by atoms with Gasteiger partial charge in [0.15, 0.2) is 0 Å². The van der Waals surface area contributed by atoms with Crippen molar-refractivity contribution in [3.8, 4) is 39.1 Å². The van der Waals surface area contributed by atoms with E-state index in [2.05, 4.69) is 73.0 Å². The highest BCUT2D eigenvalue weighted by atomic mass is 16.2. The minimum Gasteiger partial charge on any atom is -0.308 e. The number of amides is 2. The Hall–Kier alpha value is -6.52. The van der Waals surface area contributed by atoms with E-state index >= 15 is 0 Å². The molecule has 1 aromatic heterocycles. The van der Waals surface area contributed by atoms with Crippen LogP contribution in [0.4, 0.5) is 5.69 Å². The number of rotatable bonds is 5. The summed E-state index contributed by atoms with van der Waals surface area (Å²) in [6.07, 6.45) is 0. The van der Waals surface area contributed by atoms with Crippen LogP contribution in [0, 0.1) is 13.8 Å². The third-order valence-electron chi connectivity index (χ3n) is 9.79. The summed E-state index contributed by atoms with van der Waals surface area (Å²) < 4.78 is 2.16. The van der Waals surface area contributed by atoms with Crippen molar-refractivity contribution in [2.45, 2.75) is 13.8 Å². The van der Waals surface area contributed by atoms with E-state index in [0.717, 1.165) is 55.2 Å². The highest BCUT2D eigenvalue weighted by Crippen LogP contribution is 2.42. The maximum Gasteiger partial charge on any atom is 0.268 e. The number of carbonyl (C=O) groups is 2. The van der Waals surface area contributed by atoms with Crippen LogP contribution in [0.3, 0.4) is 0 Å². The molecule has 0 spiro atoms. The van der Waals surface area contributed by atoms with Gasteiger partial charge in [0.05, 0.1) is 33.5 Å². The van der Waals surface area contributed by atoms with E-state index in [1.807, 2.05) is 97.1 Å². The van der Waals surface area contributed by atoms with Crippen molar-refractivity contribution in [1.82, 2.24) is 4.57 Å². The van der Waals surface area contributed by atoms with Gasteiger partial charge in [-0.2, -0.15) is 0 Å². The van der Waals surface area contributed by atoms with Gasteiger partial charge in [0.25, 0.3) is 11.8 Å². The van der Waals surface area contributed by atoms with Gasteiger partial charge in [0.2, 0.25) is 0 Å². The second-order valence-electron chi connectivity index (χ2n) is 13.1. The lowest BCUT2D eigenvalue weighted by Gasteiger charge is -2.20. The van der Waals surface area contributed by atoms with E-state index in [9.17, 15) is 9.59 Å². The first-order valence-corrected chi connectivity index (χ1v) is 16.9. The number of hydrogen-bond donors (Lipinski definition) is 0. The molecule has 0 saturated carbocycles. The number of hydrogen-bond acceptors (Lipinski definition) is 2. The molecule has 4 nitrogen and oxygen atoms in total. The van der Waals surface area contributed by atoms with Crippen molar-refractivity contribution in [3.63, 3.8) is 0 Å². The number of nitrogens with zero attached hydrogens (tertiary/aromatic N) is 2. The Bertz CT molecular complexity index is 2630. The minimum atomic E-state index is -0.334. The van der Waals surface area contributed by atoms with Crippen LogP contribution < -0.4 is 4.90 Å². The van der Waals surface area contributed by atoms with Crippen molar-refractivity contribution < 1.29 is 9.59 Å². The van der Waals surface area contributed by atoms with Gasteiger partial charge in [-0.1, -0.05) is 139 Å². The normalized spacial score (nSPS) is 12.6. The van der Waals surface area contributed by atoms with Gasteiger partial charge in [-0.15, -0.1) is 0 Å². The Labute approximate surface area is 290 Å². The van der Waals surface area contributed by atoms with Gasteiger partial charge in [0, 0.05) is 16.3 Å². The first-order chi connectivity index (χ1) is 24.5. The molecule has 2 heterocycles. The van der Waals surface area contributed by atoms with E-state index in [1.54, 1.807) is 6.07 Å². The molecule has 1 aliphatic heterocycles. The van der Waals surface area contributed by atoms with E-state index in [-0.39, 0.29) is 11.8 Å². The maximum atomic E-state index is 14.9. The van der Waals surface area contributed by atoms with Crippen LogP contribution in [-0.4, -0.2) is 16.4 Å². The maximum absolute atomic E-state index is 14.9. The van der Waals surface area contributed by atoms with Gasteiger partial charge in [0.1, 0.15) is 0 Å². The minimum absolute atomic E-state index is 0.328. The topological polar surface area (TPSA) is 42.3 Å². The van der Waals surface area contributed by atoms with E-state index in [1.165, 1.54) is 16.0 Å². The zero-order chi connectivity index (χ0) is 33.9. The van der Waals surface area contributed by atoms with E-state index in [0.29, 0.717) is 22.5 Å². The van der Waals surface area contributed by atoms with Crippen LogP contribution in [0.1, 0.15) is 31.8 Å². The molecule has 50 heavy (non-hydrogen) atoms. The van der Waals surface area contributed by atoms with E-state index in [4.69, 9.17) is 0 Å². The Morgan fingerprint density at radius 3 is 1.80 bits per heavy atom. The number of anilines is 1. The summed E-state index contributed by atoms with van der Waals surface area (Å²) in [5, 5.41) is 2.17. The summed E-state index contributed by atoms with van der Waals surface area (Å²) in [6.45, 7) is 4.23. The van der Waals surface area contributed by atoms with Crippen molar-refractivity contribution in [3.05, 3.63) is 180 Å². The summed E-state index contributed by atoms with van der Waals surface area (Å²) in [4.78, 5) is 30.7. The number of aryl methyl sites for hydroxylation is 2. The first-order valence-electron chi connectivity index (χ1n) is 16.9. The number of benzene rings is 7. The summed E-state index contributed by atoms with van der Waals surface area (Å²) in [5.74, 6) is -0.662. The zero-order valence-corrected chi connectivity index (χ0v) is 27.7. The van der Waals surface area contributed by atoms with Crippen LogP contribution in [0.15, 0.2) is 158 Å². The van der Waals surface area contributed by atoms with Gasteiger partial charge >= 0.3 is 0 Å². The predicted octanol–water partition coefficient (Wildman–Crippen LogP) is 11.2. The molecule has 7 aromatic carbocycles. The van der Waals surface area contributed by atoms with Crippen LogP contribution in [0.2, 0.25) is 0 Å². The van der Waals surface area contributed by atoms with Crippen molar-refractivity contribution >= 4 is 39.3 Å². The molecular formula is C46H32N2O2. The van der Waals surface area contributed by atoms with Gasteiger partial charge in [-0.25, -0.2) is 4.90 Å². The standard InChI is InChI=1S/C46H32N2O2/c1-29-24-30(2)26-35(25-29)34-21-23-38-37-16-9-10-18-40(37)47(43(38)28-34)41-19-11-17-39-44(41)46(50)48(45(39)49)42-27-33(31-12-5-3-6-13-31)20-22-36(42)32-14-7-4-8-15-32/h3-28H,1-2H3.